The first kappa shape index (κ1) is 15.4. The molecular formula is C14H16F2N2O3. The first-order valence-electron chi connectivity index (χ1n) is 6.62. The van der Waals surface area contributed by atoms with Crippen LogP contribution in [0.5, 0.6) is 0 Å². The highest BCUT2D eigenvalue weighted by molar-refractivity contribution is 5.92. The van der Waals surface area contributed by atoms with Crippen LogP contribution in [0.15, 0.2) is 18.2 Å². The van der Waals surface area contributed by atoms with E-state index in [1.54, 1.807) is 4.90 Å². The number of aliphatic carboxylic acids is 1. The van der Waals surface area contributed by atoms with Crippen LogP contribution in [-0.4, -0.2) is 40.5 Å². The molecule has 0 aliphatic heterocycles. The minimum absolute atomic E-state index is 0.0896. The fourth-order valence-electron chi connectivity index (χ4n) is 2.07. The minimum Gasteiger partial charge on any atom is -0.480 e. The molecule has 0 bridgehead atoms. The number of carbonyl (C=O) groups excluding carboxylic acids is 1. The highest BCUT2D eigenvalue weighted by Crippen LogP contribution is 2.28. The number of benzene rings is 1. The number of nitrogens with one attached hydrogen (secondary N) is 1. The van der Waals surface area contributed by atoms with Crippen molar-refractivity contribution >= 4 is 17.6 Å². The second-order valence-corrected chi connectivity index (χ2v) is 5.09. The average molecular weight is 298 g/mol. The molecule has 0 aromatic heterocycles. The van der Waals surface area contributed by atoms with E-state index >= 15 is 0 Å². The number of carboxylic acids is 1. The summed E-state index contributed by atoms with van der Waals surface area (Å²) in [6, 6.07) is 2.37. The van der Waals surface area contributed by atoms with Crippen molar-refractivity contribution in [2.24, 2.45) is 0 Å². The number of rotatable bonds is 6. The van der Waals surface area contributed by atoms with Gasteiger partial charge in [0.15, 0.2) is 11.6 Å². The van der Waals surface area contributed by atoms with Crippen molar-refractivity contribution in [3.05, 3.63) is 29.8 Å². The molecule has 1 atom stereocenters. The minimum atomic E-state index is -1.05. The maximum atomic E-state index is 13.1. The van der Waals surface area contributed by atoms with Gasteiger partial charge in [0.25, 0.3) is 0 Å². The molecule has 0 heterocycles. The zero-order chi connectivity index (χ0) is 15.6. The molecule has 2 N–H and O–H groups in total. The molecule has 1 aromatic rings. The number of halogens is 2. The van der Waals surface area contributed by atoms with Gasteiger partial charge in [-0.05, 0) is 31.9 Å². The number of nitrogens with zero attached hydrogens (tertiary/aromatic N) is 1. The van der Waals surface area contributed by atoms with Crippen LogP contribution in [0.1, 0.15) is 19.8 Å². The molecule has 1 aromatic carbocycles. The molecule has 1 fully saturated rings. The van der Waals surface area contributed by atoms with Crippen LogP contribution in [-0.2, 0) is 9.59 Å². The van der Waals surface area contributed by atoms with Gasteiger partial charge in [0, 0.05) is 17.8 Å². The molecule has 1 saturated carbocycles. The van der Waals surface area contributed by atoms with Gasteiger partial charge in [0.05, 0.1) is 6.54 Å². The second kappa shape index (κ2) is 6.17. The van der Waals surface area contributed by atoms with E-state index in [0.717, 1.165) is 25.0 Å². The zero-order valence-electron chi connectivity index (χ0n) is 11.5. The fraction of sp³-hybridized carbons (Fsp3) is 0.429. The Morgan fingerprint density at radius 3 is 2.57 bits per heavy atom. The summed E-state index contributed by atoms with van der Waals surface area (Å²) in [6.45, 7) is 1.42. The van der Waals surface area contributed by atoms with Gasteiger partial charge in [-0.25, -0.2) is 8.78 Å². The first-order valence-corrected chi connectivity index (χ1v) is 6.62. The maximum Gasteiger partial charge on any atom is 0.320 e. The van der Waals surface area contributed by atoms with Crippen LogP contribution < -0.4 is 5.32 Å². The molecule has 5 nitrogen and oxygen atoms in total. The molecule has 0 saturated heterocycles. The second-order valence-electron chi connectivity index (χ2n) is 5.09. The maximum absolute atomic E-state index is 13.1. The van der Waals surface area contributed by atoms with Gasteiger partial charge >= 0.3 is 5.97 Å². The summed E-state index contributed by atoms with van der Waals surface area (Å²) in [5.41, 5.74) is 0.137. The van der Waals surface area contributed by atoms with Crippen LogP contribution in [0.3, 0.4) is 0 Å². The lowest BCUT2D eigenvalue weighted by Crippen LogP contribution is -2.44. The molecule has 1 aliphatic carbocycles. The number of hydrogen-bond acceptors (Lipinski definition) is 3. The quantitative estimate of drug-likeness (QED) is 0.841. The van der Waals surface area contributed by atoms with E-state index in [0.29, 0.717) is 0 Å². The SMILES string of the molecule is CC(C(=O)O)N(CC(=O)Nc1ccc(F)c(F)c1)C1CC1. The summed E-state index contributed by atoms with van der Waals surface area (Å²) in [5, 5.41) is 11.5. The van der Waals surface area contributed by atoms with Crippen LogP contribution in [0.25, 0.3) is 0 Å². The Morgan fingerprint density at radius 2 is 2.05 bits per heavy atom. The predicted molar refractivity (Wildman–Crippen MR) is 71.8 cm³/mol. The van der Waals surface area contributed by atoms with Gasteiger partial charge in [0.2, 0.25) is 5.91 Å². The van der Waals surface area contributed by atoms with Crippen molar-refractivity contribution in [1.29, 1.82) is 0 Å². The summed E-state index contributed by atoms with van der Waals surface area (Å²) in [4.78, 5) is 24.5. The third-order valence-electron chi connectivity index (χ3n) is 3.40. The van der Waals surface area contributed by atoms with Crippen molar-refractivity contribution in [1.82, 2.24) is 4.90 Å². The Balaban J connectivity index is 1.99. The molecule has 1 amide bonds. The monoisotopic (exact) mass is 298 g/mol. The lowest BCUT2D eigenvalue weighted by Gasteiger charge is -2.25. The summed E-state index contributed by atoms with van der Waals surface area (Å²) >= 11 is 0. The summed E-state index contributed by atoms with van der Waals surface area (Å²) < 4.78 is 25.8. The molecule has 1 aliphatic rings. The third kappa shape index (κ3) is 3.98. The fourth-order valence-corrected chi connectivity index (χ4v) is 2.07. The van der Waals surface area contributed by atoms with Crippen LogP contribution in [0, 0.1) is 11.6 Å². The molecule has 0 radical (unpaired) electrons. The number of hydrogen-bond donors (Lipinski definition) is 2. The largest absolute Gasteiger partial charge is 0.480 e. The van der Waals surface area contributed by atoms with Crippen LogP contribution in [0.4, 0.5) is 14.5 Å². The molecule has 21 heavy (non-hydrogen) atoms. The van der Waals surface area contributed by atoms with Crippen LogP contribution in [0.2, 0.25) is 0 Å². The standard InChI is InChI=1S/C14H16F2N2O3/c1-8(14(20)21)18(10-3-4-10)7-13(19)17-9-2-5-11(15)12(16)6-9/h2,5-6,8,10H,3-4,7H2,1H3,(H,17,19)(H,20,21). The normalized spacial score (nSPS) is 15.8. The molecule has 0 spiro atoms. The van der Waals surface area contributed by atoms with Crippen molar-refractivity contribution in [3.8, 4) is 0 Å². The van der Waals surface area contributed by atoms with E-state index in [4.69, 9.17) is 5.11 Å². The number of amides is 1. The van der Waals surface area contributed by atoms with E-state index in [9.17, 15) is 18.4 Å². The molecular weight excluding hydrogens is 282 g/mol. The van der Waals surface area contributed by atoms with E-state index in [1.807, 2.05) is 0 Å². The van der Waals surface area contributed by atoms with Gasteiger partial charge in [-0.1, -0.05) is 0 Å². The van der Waals surface area contributed by atoms with E-state index in [-0.39, 0.29) is 18.3 Å². The van der Waals surface area contributed by atoms with Crippen molar-refractivity contribution in [2.75, 3.05) is 11.9 Å². The smallest absolute Gasteiger partial charge is 0.320 e. The van der Waals surface area contributed by atoms with Gasteiger partial charge in [-0.15, -0.1) is 0 Å². The summed E-state index contributed by atoms with van der Waals surface area (Å²) in [7, 11) is 0. The highest BCUT2D eigenvalue weighted by Gasteiger charge is 2.36. The lowest BCUT2D eigenvalue weighted by atomic mass is 10.2. The van der Waals surface area contributed by atoms with E-state index in [2.05, 4.69) is 5.32 Å². The Morgan fingerprint density at radius 1 is 1.38 bits per heavy atom. The summed E-state index contributed by atoms with van der Waals surface area (Å²) in [6.07, 6.45) is 1.71. The van der Waals surface area contributed by atoms with Gasteiger partial charge < -0.3 is 10.4 Å². The number of carboxylic acid groups (broad SMARTS) is 1. The van der Waals surface area contributed by atoms with Gasteiger partial charge in [-0.3, -0.25) is 14.5 Å². The average Bonchev–Trinajstić information content (AvgIpc) is 3.24. The number of anilines is 1. The Bertz CT molecular complexity index is 561. The Labute approximate surface area is 120 Å². The van der Waals surface area contributed by atoms with Crippen molar-refractivity contribution in [2.45, 2.75) is 31.8 Å². The molecule has 2 rings (SSSR count). The molecule has 1 unspecified atom stereocenters. The topological polar surface area (TPSA) is 69.6 Å². The first-order chi connectivity index (χ1) is 9.88. The van der Waals surface area contributed by atoms with Crippen molar-refractivity contribution < 1.29 is 23.5 Å². The zero-order valence-corrected chi connectivity index (χ0v) is 11.5. The Hall–Kier alpha value is -2.02. The molecule has 114 valence electrons. The van der Waals surface area contributed by atoms with E-state index in [1.165, 1.54) is 13.0 Å². The predicted octanol–water partition coefficient (Wildman–Crippen LogP) is 1.84. The number of carbonyl (C=O) groups is 2. The Kier molecular flexibility index (Phi) is 4.52. The molecule has 7 heteroatoms. The summed E-state index contributed by atoms with van der Waals surface area (Å²) in [5.74, 6) is -3.50. The lowest BCUT2D eigenvalue weighted by molar-refractivity contribution is -0.143. The van der Waals surface area contributed by atoms with Gasteiger partial charge in [-0.2, -0.15) is 0 Å². The van der Waals surface area contributed by atoms with E-state index < -0.39 is 29.6 Å². The van der Waals surface area contributed by atoms with Crippen LogP contribution >= 0.6 is 0 Å². The highest BCUT2D eigenvalue weighted by atomic mass is 19.2. The van der Waals surface area contributed by atoms with Gasteiger partial charge in [0.1, 0.15) is 6.04 Å². The van der Waals surface area contributed by atoms with Crippen molar-refractivity contribution in [3.63, 3.8) is 0 Å². The third-order valence-corrected chi connectivity index (χ3v) is 3.40.